The molecule has 0 aliphatic carbocycles. The van der Waals surface area contributed by atoms with Crippen molar-refractivity contribution in [3.8, 4) is 5.75 Å². The van der Waals surface area contributed by atoms with E-state index in [1.165, 1.54) is 5.56 Å². The first kappa shape index (κ1) is 23.1. The van der Waals surface area contributed by atoms with Gasteiger partial charge in [-0.2, -0.15) is 0 Å². The van der Waals surface area contributed by atoms with Gasteiger partial charge in [-0.25, -0.2) is 0 Å². The van der Waals surface area contributed by atoms with Crippen LogP contribution in [0.3, 0.4) is 0 Å². The number of benzene rings is 2. The molecule has 1 fully saturated rings. The highest BCUT2D eigenvalue weighted by Gasteiger charge is 2.24. The van der Waals surface area contributed by atoms with E-state index in [2.05, 4.69) is 23.8 Å². The largest absolute Gasteiger partial charge is 0.489 e. The normalized spacial score (nSPS) is 15.4. The zero-order valence-electron chi connectivity index (χ0n) is 20.3. The van der Waals surface area contributed by atoms with E-state index < -0.39 is 0 Å². The van der Waals surface area contributed by atoms with E-state index in [-0.39, 0.29) is 12.0 Å². The number of aromatic nitrogens is 2. The second-order valence-corrected chi connectivity index (χ2v) is 9.25. The SMILES string of the molecule is Cc1[nH]c2ccc(C(=O)N(Cc3ccc(OCc4cccnc4)cc3)CC3CCCO3)cc2c1C. The molecular weight excluding hydrogens is 438 g/mol. The molecule has 180 valence electrons. The summed E-state index contributed by atoms with van der Waals surface area (Å²) < 4.78 is 11.8. The van der Waals surface area contributed by atoms with Gasteiger partial charge in [0.2, 0.25) is 0 Å². The minimum atomic E-state index is 0.0255. The molecule has 6 nitrogen and oxygen atoms in total. The molecule has 6 heteroatoms. The first-order valence-corrected chi connectivity index (χ1v) is 12.2. The average Bonchev–Trinajstić information content (AvgIpc) is 3.50. The summed E-state index contributed by atoms with van der Waals surface area (Å²) in [6.45, 7) is 6.49. The summed E-state index contributed by atoms with van der Waals surface area (Å²) in [5.41, 5.74) is 6.15. The second kappa shape index (κ2) is 10.3. The van der Waals surface area contributed by atoms with Gasteiger partial charge in [-0.3, -0.25) is 9.78 Å². The van der Waals surface area contributed by atoms with Crippen LogP contribution in [0.5, 0.6) is 5.75 Å². The molecule has 1 aliphatic rings. The van der Waals surface area contributed by atoms with Crippen molar-refractivity contribution < 1.29 is 14.3 Å². The Bertz CT molecular complexity index is 1290. The third-order valence-electron chi connectivity index (χ3n) is 6.72. The molecular formula is C29H31N3O3. The molecule has 1 N–H and O–H groups in total. The van der Waals surface area contributed by atoms with Gasteiger partial charge in [-0.1, -0.05) is 18.2 Å². The van der Waals surface area contributed by atoms with Gasteiger partial charge in [0, 0.05) is 59.8 Å². The van der Waals surface area contributed by atoms with E-state index in [1.807, 2.05) is 59.5 Å². The molecule has 1 amide bonds. The topological polar surface area (TPSA) is 67.5 Å². The average molecular weight is 470 g/mol. The van der Waals surface area contributed by atoms with Gasteiger partial charge >= 0.3 is 0 Å². The van der Waals surface area contributed by atoms with Gasteiger partial charge in [0.05, 0.1) is 6.10 Å². The van der Waals surface area contributed by atoms with Gasteiger partial charge in [-0.15, -0.1) is 0 Å². The Balaban J connectivity index is 1.32. The van der Waals surface area contributed by atoms with Gasteiger partial charge in [-0.05, 0) is 74.2 Å². The molecule has 5 rings (SSSR count). The lowest BCUT2D eigenvalue weighted by Gasteiger charge is -2.26. The van der Waals surface area contributed by atoms with E-state index in [0.717, 1.165) is 52.9 Å². The second-order valence-electron chi connectivity index (χ2n) is 9.25. The Morgan fingerprint density at radius 1 is 1.14 bits per heavy atom. The summed E-state index contributed by atoms with van der Waals surface area (Å²) >= 11 is 0. The number of amides is 1. The van der Waals surface area contributed by atoms with Gasteiger partial charge in [0.25, 0.3) is 5.91 Å². The van der Waals surface area contributed by atoms with E-state index >= 15 is 0 Å². The van der Waals surface area contributed by atoms with Crippen molar-refractivity contribution in [2.75, 3.05) is 13.2 Å². The van der Waals surface area contributed by atoms with Crippen LogP contribution in [0.2, 0.25) is 0 Å². The van der Waals surface area contributed by atoms with Crippen molar-refractivity contribution in [2.45, 2.75) is 45.9 Å². The summed E-state index contributed by atoms with van der Waals surface area (Å²) in [7, 11) is 0. The number of hydrogen-bond donors (Lipinski definition) is 1. The van der Waals surface area contributed by atoms with Crippen LogP contribution in [0.4, 0.5) is 0 Å². The lowest BCUT2D eigenvalue weighted by molar-refractivity contribution is 0.0507. The molecule has 4 aromatic rings. The molecule has 0 radical (unpaired) electrons. The van der Waals surface area contributed by atoms with Crippen LogP contribution in [0, 0.1) is 13.8 Å². The van der Waals surface area contributed by atoms with Crippen LogP contribution in [0.15, 0.2) is 67.0 Å². The Morgan fingerprint density at radius 2 is 2.00 bits per heavy atom. The van der Waals surface area contributed by atoms with Crippen LogP contribution in [0.1, 0.15) is 45.6 Å². The summed E-state index contributed by atoms with van der Waals surface area (Å²) in [6.07, 6.45) is 5.67. The number of rotatable bonds is 8. The van der Waals surface area contributed by atoms with Gasteiger partial charge < -0.3 is 19.4 Å². The molecule has 3 heterocycles. The van der Waals surface area contributed by atoms with Crippen LogP contribution >= 0.6 is 0 Å². The number of carbonyl (C=O) groups excluding carboxylic acids is 1. The first-order valence-electron chi connectivity index (χ1n) is 12.2. The smallest absolute Gasteiger partial charge is 0.254 e. The summed E-state index contributed by atoms with van der Waals surface area (Å²) in [5, 5.41) is 1.10. The minimum Gasteiger partial charge on any atom is -0.489 e. The predicted octanol–water partition coefficient (Wildman–Crippen LogP) is 5.58. The maximum Gasteiger partial charge on any atom is 0.254 e. The van der Waals surface area contributed by atoms with Crippen molar-refractivity contribution in [1.82, 2.24) is 14.9 Å². The standard InChI is InChI=1S/C29H31N3O3/c1-20-21(2)31-28-12-9-24(15-27(20)28)29(33)32(18-26-6-4-14-34-26)17-22-7-10-25(11-8-22)35-19-23-5-3-13-30-16-23/h3,5,7-13,15-16,26,31H,4,6,14,17-19H2,1-2H3. The molecule has 1 saturated heterocycles. The highest BCUT2D eigenvalue weighted by atomic mass is 16.5. The Morgan fingerprint density at radius 3 is 2.74 bits per heavy atom. The van der Waals surface area contributed by atoms with E-state index in [0.29, 0.717) is 25.3 Å². The van der Waals surface area contributed by atoms with Crippen molar-refractivity contribution in [3.05, 3.63) is 94.9 Å². The zero-order chi connectivity index (χ0) is 24.2. The number of fused-ring (bicyclic) bond motifs is 1. The van der Waals surface area contributed by atoms with Crippen molar-refractivity contribution >= 4 is 16.8 Å². The summed E-state index contributed by atoms with van der Waals surface area (Å²) in [6, 6.07) is 17.8. The number of hydrogen-bond acceptors (Lipinski definition) is 4. The quantitative estimate of drug-likeness (QED) is 0.366. The molecule has 2 aromatic heterocycles. The maximum absolute atomic E-state index is 13.7. The Kier molecular flexibility index (Phi) is 6.82. The lowest BCUT2D eigenvalue weighted by Crippen LogP contribution is -2.37. The summed E-state index contributed by atoms with van der Waals surface area (Å²) in [5.74, 6) is 0.816. The first-order chi connectivity index (χ1) is 17.1. The molecule has 1 aliphatic heterocycles. The highest BCUT2D eigenvalue weighted by molar-refractivity contribution is 5.99. The maximum atomic E-state index is 13.7. The fourth-order valence-corrected chi connectivity index (χ4v) is 4.59. The molecule has 1 atom stereocenters. The fraction of sp³-hybridized carbons (Fsp3) is 0.310. The minimum absolute atomic E-state index is 0.0255. The fourth-order valence-electron chi connectivity index (χ4n) is 4.59. The van der Waals surface area contributed by atoms with Crippen molar-refractivity contribution in [2.24, 2.45) is 0 Å². The van der Waals surface area contributed by atoms with Crippen LogP contribution in [-0.2, 0) is 17.9 Å². The van der Waals surface area contributed by atoms with E-state index in [9.17, 15) is 4.79 Å². The van der Waals surface area contributed by atoms with Crippen LogP contribution in [-0.4, -0.2) is 40.0 Å². The number of carbonyl (C=O) groups is 1. The van der Waals surface area contributed by atoms with Crippen molar-refractivity contribution in [1.29, 1.82) is 0 Å². The van der Waals surface area contributed by atoms with Gasteiger partial charge in [0.15, 0.2) is 0 Å². The molecule has 2 aromatic carbocycles. The molecule has 0 bridgehead atoms. The number of pyridine rings is 1. The number of aromatic amines is 1. The van der Waals surface area contributed by atoms with Crippen LogP contribution in [0.25, 0.3) is 10.9 Å². The van der Waals surface area contributed by atoms with Crippen molar-refractivity contribution in [3.63, 3.8) is 0 Å². The number of nitrogens with zero attached hydrogens (tertiary/aromatic N) is 2. The molecule has 1 unspecified atom stereocenters. The van der Waals surface area contributed by atoms with Crippen LogP contribution < -0.4 is 4.74 Å². The third-order valence-corrected chi connectivity index (χ3v) is 6.72. The molecule has 35 heavy (non-hydrogen) atoms. The third kappa shape index (κ3) is 5.38. The Hall–Kier alpha value is -3.64. The van der Waals surface area contributed by atoms with E-state index in [1.54, 1.807) is 12.4 Å². The number of H-pyrrole nitrogens is 1. The zero-order valence-corrected chi connectivity index (χ0v) is 20.3. The Labute approximate surface area is 205 Å². The summed E-state index contributed by atoms with van der Waals surface area (Å²) in [4.78, 5) is 23.1. The monoisotopic (exact) mass is 469 g/mol. The molecule has 0 spiro atoms. The lowest BCUT2D eigenvalue weighted by atomic mass is 10.1. The number of ether oxygens (including phenoxy) is 2. The molecule has 0 saturated carbocycles. The highest BCUT2D eigenvalue weighted by Crippen LogP contribution is 2.25. The number of aryl methyl sites for hydroxylation is 2. The van der Waals surface area contributed by atoms with E-state index in [4.69, 9.17) is 9.47 Å². The predicted molar refractivity (Wildman–Crippen MR) is 136 cm³/mol. The number of nitrogens with one attached hydrogen (secondary N) is 1. The van der Waals surface area contributed by atoms with Gasteiger partial charge in [0.1, 0.15) is 12.4 Å².